The molecule has 4 heteroatoms. The van der Waals surface area contributed by atoms with E-state index in [1.165, 1.54) is 19.3 Å². The summed E-state index contributed by atoms with van der Waals surface area (Å²) in [5.74, 6) is 1.24. The third-order valence-electron chi connectivity index (χ3n) is 4.13. The van der Waals surface area contributed by atoms with Crippen molar-refractivity contribution in [1.82, 2.24) is 10.2 Å². The Hall–Kier alpha value is -0.610. The van der Waals surface area contributed by atoms with E-state index in [-0.39, 0.29) is 17.9 Å². The Kier molecular flexibility index (Phi) is 4.62. The van der Waals surface area contributed by atoms with Crippen LogP contribution in [0.3, 0.4) is 0 Å². The lowest BCUT2D eigenvalue weighted by molar-refractivity contribution is -0.134. The van der Waals surface area contributed by atoms with Crippen LogP contribution in [0.15, 0.2) is 0 Å². The summed E-state index contributed by atoms with van der Waals surface area (Å²) < 4.78 is 0. The van der Waals surface area contributed by atoms with Crippen LogP contribution in [-0.2, 0) is 4.79 Å². The molecule has 1 saturated heterocycles. The van der Waals surface area contributed by atoms with E-state index < -0.39 is 0 Å². The average molecular weight is 253 g/mol. The second kappa shape index (κ2) is 6.02. The molecule has 2 atom stereocenters. The monoisotopic (exact) mass is 253 g/mol. The van der Waals surface area contributed by atoms with Gasteiger partial charge < -0.3 is 16.0 Å². The lowest BCUT2D eigenvalue weighted by Crippen LogP contribution is -2.53. The van der Waals surface area contributed by atoms with Crippen LogP contribution < -0.4 is 11.1 Å². The zero-order chi connectivity index (χ0) is 13.1. The summed E-state index contributed by atoms with van der Waals surface area (Å²) in [5.41, 5.74) is 5.96. The van der Waals surface area contributed by atoms with E-state index in [4.69, 9.17) is 5.73 Å². The van der Waals surface area contributed by atoms with Crippen LogP contribution >= 0.6 is 0 Å². The van der Waals surface area contributed by atoms with E-state index in [0.29, 0.717) is 6.04 Å². The van der Waals surface area contributed by atoms with E-state index in [1.807, 2.05) is 18.7 Å². The smallest absolute Gasteiger partial charge is 0.239 e. The highest BCUT2D eigenvalue weighted by Crippen LogP contribution is 2.28. The molecule has 104 valence electrons. The van der Waals surface area contributed by atoms with Crippen molar-refractivity contribution in [1.29, 1.82) is 0 Å². The predicted molar refractivity (Wildman–Crippen MR) is 73.1 cm³/mol. The molecule has 1 saturated carbocycles. The summed E-state index contributed by atoms with van der Waals surface area (Å²) in [6, 6.07) is 0.134. The second-order valence-corrected chi connectivity index (χ2v) is 6.24. The van der Waals surface area contributed by atoms with Gasteiger partial charge in [0.2, 0.25) is 5.91 Å². The van der Waals surface area contributed by atoms with Crippen LogP contribution in [0, 0.1) is 11.8 Å². The molecule has 1 unspecified atom stereocenters. The number of nitrogens with one attached hydrogen (secondary N) is 1. The molecule has 4 nitrogen and oxygen atoms in total. The first kappa shape index (κ1) is 13.8. The topological polar surface area (TPSA) is 58.4 Å². The molecule has 1 heterocycles. The highest BCUT2D eigenvalue weighted by Gasteiger charge is 2.29. The molecule has 1 amide bonds. The van der Waals surface area contributed by atoms with Crippen molar-refractivity contribution in [2.24, 2.45) is 17.6 Å². The molecular weight excluding hydrogens is 226 g/mol. The molecule has 3 N–H and O–H groups in total. The zero-order valence-electron chi connectivity index (χ0n) is 11.7. The zero-order valence-corrected chi connectivity index (χ0v) is 11.7. The normalized spacial score (nSPS) is 26.4. The van der Waals surface area contributed by atoms with Crippen LogP contribution in [0.4, 0.5) is 0 Å². The lowest BCUT2D eigenvalue weighted by Gasteiger charge is -2.35. The van der Waals surface area contributed by atoms with Gasteiger partial charge in [-0.05, 0) is 44.1 Å². The first-order valence-corrected chi connectivity index (χ1v) is 7.35. The number of likely N-dealkylation sites (tertiary alicyclic amines) is 1. The first-order valence-electron chi connectivity index (χ1n) is 7.35. The van der Waals surface area contributed by atoms with Gasteiger partial charge in [-0.15, -0.1) is 0 Å². The molecule has 0 spiro atoms. The van der Waals surface area contributed by atoms with Gasteiger partial charge >= 0.3 is 0 Å². The van der Waals surface area contributed by atoms with Gasteiger partial charge in [-0.1, -0.05) is 13.8 Å². The van der Waals surface area contributed by atoms with Gasteiger partial charge in [0.15, 0.2) is 0 Å². The lowest BCUT2D eigenvalue weighted by atomic mass is 10.0. The summed E-state index contributed by atoms with van der Waals surface area (Å²) in [4.78, 5) is 14.2. The Balaban J connectivity index is 1.79. The summed E-state index contributed by atoms with van der Waals surface area (Å²) in [5, 5.41) is 3.60. The minimum absolute atomic E-state index is 0.128. The van der Waals surface area contributed by atoms with Crippen LogP contribution in [0.1, 0.15) is 39.5 Å². The number of carbonyl (C=O) groups excluding carboxylic acids is 1. The standard InChI is InChI=1S/C14H27N3O/c1-10(2)13(15)14(18)17-7-3-4-12(9-17)16-8-11-5-6-11/h10-13,16H,3-9,15H2,1-2H3/t12-,13?/m0/s1. The number of carbonyl (C=O) groups is 1. The quantitative estimate of drug-likeness (QED) is 0.767. The van der Waals surface area contributed by atoms with Crippen molar-refractivity contribution in [3.05, 3.63) is 0 Å². The van der Waals surface area contributed by atoms with Gasteiger partial charge in [-0.3, -0.25) is 4.79 Å². The van der Waals surface area contributed by atoms with Crippen LogP contribution in [0.5, 0.6) is 0 Å². The fraction of sp³-hybridized carbons (Fsp3) is 0.929. The Labute approximate surface area is 110 Å². The Morgan fingerprint density at radius 1 is 1.39 bits per heavy atom. The maximum atomic E-state index is 12.2. The Morgan fingerprint density at radius 2 is 2.11 bits per heavy atom. The van der Waals surface area contributed by atoms with Crippen molar-refractivity contribution in [2.75, 3.05) is 19.6 Å². The molecule has 0 aromatic carbocycles. The number of hydrogen-bond donors (Lipinski definition) is 2. The maximum absolute atomic E-state index is 12.2. The molecule has 0 aromatic rings. The molecule has 2 aliphatic rings. The van der Waals surface area contributed by atoms with Gasteiger partial charge in [0.1, 0.15) is 0 Å². The molecule has 18 heavy (non-hydrogen) atoms. The molecule has 1 aliphatic carbocycles. The van der Waals surface area contributed by atoms with Gasteiger partial charge in [0, 0.05) is 19.1 Å². The Bertz CT molecular complexity index is 289. The van der Waals surface area contributed by atoms with Crippen LogP contribution in [-0.4, -0.2) is 42.5 Å². The SMILES string of the molecule is CC(C)C(N)C(=O)N1CCC[C@H](NCC2CC2)C1. The van der Waals surface area contributed by atoms with Crippen molar-refractivity contribution in [2.45, 2.75) is 51.6 Å². The van der Waals surface area contributed by atoms with Gasteiger partial charge in [-0.25, -0.2) is 0 Å². The summed E-state index contributed by atoms with van der Waals surface area (Å²) >= 11 is 0. The fourth-order valence-corrected chi connectivity index (χ4v) is 2.50. The third-order valence-corrected chi connectivity index (χ3v) is 4.13. The van der Waals surface area contributed by atoms with Crippen molar-refractivity contribution >= 4 is 5.91 Å². The molecule has 0 bridgehead atoms. The van der Waals surface area contributed by atoms with E-state index in [9.17, 15) is 4.79 Å². The van der Waals surface area contributed by atoms with Gasteiger partial charge in [0.25, 0.3) is 0 Å². The van der Waals surface area contributed by atoms with Crippen LogP contribution in [0.25, 0.3) is 0 Å². The highest BCUT2D eigenvalue weighted by molar-refractivity contribution is 5.82. The number of piperidine rings is 1. The third kappa shape index (κ3) is 3.69. The molecule has 1 aliphatic heterocycles. The largest absolute Gasteiger partial charge is 0.340 e. The highest BCUT2D eigenvalue weighted by atomic mass is 16.2. The van der Waals surface area contributed by atoms with E-state index in [0.717, 1.165) is 32.0 Å². The van der Waals surface area contributed by atoms with Gasteiger partial charge in [0.05, 0.1) is 6.04 Å². The number of rotatable bonds is 5. The molecule has 0 radical (unpaired) electrons. The first-order chi connectivity index (χ1) is 8.58. The van der Waals surface area contributed by atoms with Crippen molar-refractivity contribution in [3.63, 3.8) is 0 Å². The maximum Gasteiger partial charge on any atom is 0.239 e. The molecule has 0 aromatic heterocycles. The number of nitrogens with zero attached hydrogens (tertiary/aromatic N) is 1. The fourth-order valence-electron chi connectivity index (χ4n) is 2.50. The average Bonchev–Trinajstić information content (AvgIpc) is 3.19. The van der Waals surface area contributed by atoms with Crippen LogP contribution in [0.2, 0.25) is 0 Å². The van der Waals surface area contributed by atoms with E-state index >= 15 is 0 Å². The Morgan fingerprint density at radius 3 is 2.72 bits per heavy atom. The number of hydrogen-bond acceptors (Lipinski definition) is 3. The molecule has 2 rings (SSSR count). The van der Waals surface area contributed by atoms with Gasteiger partial charge in [-0.2, -0.15) is 0 Å². The van der Waals surface area contributed by atoms with E-state index in [2.05, 4.69) is 5.32 Å². The predicted octanol–water partition coefficient (Wildman–Crippen LogP) is 0.960. The molecular formula is C14H27N3O. The summed E-state index contributed by atoms with van der Waals surface area (Å²) in [6.45, 7) is 6.86. The number of amides is 1. The van der Waals surface area contributed by atoms with E-state index in [1.54, 1.807) is 0 Å². The van der Waals surface area contributed by atoms with Crippen molar-refractivity contribution < 1.29 is 4.79 Å². The summed E-state index contributed by atoms with van der Waals surface area (Å²) in [6.07, 6.45) is 5.04. The minimum atomic E-state index is -0.341. The minimum Gasteiger partial charge on any atom is -0.340 e. The number of nitrogens with two attached hydrogens (primary N) is 1. The molecule has 2 fully saturated rings. The summed E-state index contributed by atoms with van der Waals surface area (Å²) in [7, 11) is 0. The second-order valence-electron chi connectivity index (χ2n) is 6.24. The van der Waals surface area contributed by atoms with Crippen molar-refractivity contribution in [3.8, 4) is 0 Å².